The molecule has 1 heterocycles. The van der Waals surface area contributed by atoms with Crippen LogP contribution in [0.5, 0.6) is 0 Å². The van der Waals surface area contributed by atoms with Gasteiger partial charge < -0.3 is 14.6 Å². The van der Waals surface area contributed by atoms with E-state index in [-0.39, 0.29) is 5.69 Å². The van der Waals surface area contributed by atoms with Crippen LogP contribution in [0, 0.1) is 0 Å². The summed E-state index contributed by atoms with van der Waals surface area (Å²) in [6, 6.07) is 1.37. The number of hydrogen-bond donors (Lipinski definition) is 1. The zero-order valence-electron chi connectivity index (χ0n) is 15.6. The molecule has 1 N–H and O–H groups in total. The van der Waals surface area contributed by atoms with E-state index >= 15 is 0 Å². The summed E-state index contributed by atoms with van der Waals surface area (Å²) in [5.74, 6) is -1.39. The molecule has 0 aliphatic heterocycles. The molecular formula is C17H23BrN2O6. The number of carbonyl (C=O) groups excluding carboxylic acids is 2. The van der Waals surface area contributed by atoms with Gasteiger partial charge in [0.25, 0.3) is 0 Å². The van der Waals surface area contributed by atoms with E-state index in [0.717, 1.165) is 0 Å². The van der Waals surface area contributed by atoms with Crippen molar-refractivity contribution in [3.8, 4) is 0 Å². The van der Waals surface area contributed by atoms with Crippen LogP contribution in [0.1, 0.15) is 57.6 Å². The highest BCUT2D eigenvalue weighted by molar-refractivity contribution is 9.08. The van der Waals surface area contributed by atoms with Gasteiger partial charge in [0.1, 0.15) is 11.2 Å². The van der Waals surface area contributed by atoms with Crippen molar-refractivity contribution in [2.45, 2.75) is 58.1 Å². The summed E-state index contributed by atoms with van der Waals surface area (Å²) >= 11 is 3.24. The molecule has 1 aromatic heterocycles. The fourth-order valence-corrected chi connectivity index (χ4v) is 2.10. The zero-order chi connectivity index (χ0) is 20.3. The van der Waals surface area contributed by atoms with Crippen molar-refractivity contribution in [2.75, 3.05) is 4.90 Å². The number of hydrogen-bond acceptors (Lipinski definition) is 6. The Morgan fingerprint density at radius 1 is 1.08 bits per heavy atom. The van der Waals surface area contributed by atoms with Crippen LogP contribution in [-0.2, 0) is 14.8 Å². The Labute approximate surface area is 160 Å². The number of halogens is 1. The van der Waals surface area contributed by atoms with Gasteiger partial charge in [-0.2, -0.15) is 4.90 Å². The van der Waals surface area contributed by atoms with Crippen LogP contribution < -0.4 is 4.90 Å². The number of rotatable bonds is 3. The molecule has 26 heavy (non-hydrogen) atoms. The fourth-order valence-electron chi connectivity index (χ4n) is 1.79. The van der Waals surface area contributed by atoms with Crippen molar-refractivity contribution < 1.29 is 29.0 Å². The summed E-state index contributed by atoms with van der Waals surface area (Å²) in [7, 11) is 0. The van der Waals surface area contributed by atoms with Crippen LogP contribution in [0.2, 0.25) is 0 Å². The van der Waals surface area contributed by atoms with E-state index in [1.54, 1.807) is 41.5 Å². The van der Waals surface area contributed by atoms with Crippen LogP contribution >= 0.6 is 15.9 Å². The zero-order valence-corrected chi connectivity index (χ0v) is 17.2. The molecule has 0 unspecified atom stereocenters. The van der Waals surface area contributed by atoms with E-state index < -0.39 is 35.1 Å². The number of imide groups is 1. The summed E-state index contributed by atoms with van der Waals surface area (Å²) in [6.45, 7) is 9.77. The molecule has 0 spiro atoms. The third-order valence-corrected chi connectivity index (χ3v) is 3.32. The first-order valence-electron chi connectivity index (χ1n) is 7.79. The fraction of sp³-hybridized carbons (Fsp3) is 0.529. The Morgan fingerprint density at radius 2 is 1.54 bits per heavy atom. The minimum Gasteiger partial charge on any atom is -0.476 e. The predicted octanol–water partition coefficient (Wildman–Crippen LogP) is 4.35. The quantitative estimate of drug-likeness (QED) is 0.709. The average Bonchev–Trinajstić information content (AvgIpc) is 2.43. The molecule has 0 saturated heterocycles. The van der Waals surface area contributed by atoms with E-state index in [0.29, 0.717) is 15.8 Å². The second-order valence-corrected chi connectivity index (χ2v) is 8.01. The third-order valence-electron chi connectivity index (χ3n) is 2.67. The maximum absolute atomic E-state index is 12.6. The number of carbonyl (C=O) groups is 3. The van der Waals surface area contributed by atoms with E-state index in [1.807, 2.05) is 0 Å². The van der Waals surface area contributed by atoms with E-state index in [2.05, 4.69) is 20.9 Å². The number of nitrogens with zero attached hydrogens (tertiary/aromatic N) is 2. The molecule has 0 aliphatic carbocycles. The van der Waals surface area contributed by atoms with Gasteiger partial charge in [-0.15, -0.1) is 0 Å². The lowest BCUT2D eigenvalue weighted by Gasteiger charge is -2.29. The molecule has 0 aliphatic rings. The minimum atomic E-state index is -1.39. The van der Waals surface area contributed by atoms with Crippen molar-refractivity contribution in [3.05, 3.63) is 23.5 Å². The molecule has 144 valence electrons. The summed E-state index contributed by atoms with van der Waals surface area (Å²) in [4.78, 5) is 41.2. The molecular weight excluding hydrogens is 408 g/mol. The Balaban J connectivity index is 3.51. The number of pyridine rings is 1. The van der Waals surface area contributed by atoms with Crippen LogP contribution in [-0.4, -0.2) is 39.4 Å². The minimum absolute atomic E-state index is 0.224. The molecule has 0 saturated carbocycles. The molecule has 0 radical (unpaired) electrons. The van der Waals surface area contributed by atoms with Crippen molar-refractivity contribution in [2.24, 2.45) is 0 Å². The van der Waals surface area contributed by atoms with Crippen LogP contribution in [0.15, 0.2) is 12.3 Å². The number of alkyl halides is 1. The molecule has 1 aromatic rings. The van der Waals surface area contributed by atoms with Crippen molar-refractivity contribution in [1.82, 2.24) is 4.98 Å². The van der Waals surface area contributed by atoms with E-state index in [4.69, 9.17) is 9.47 Å². The van der Waals surface area contributed by atoms with E-state index in [1.165, 1.54) is 12.3 Å². The Morgan fingerprint density at radius 3 is 1.88 bits per heavy atom. The maximum atomic E-state index is 12.6. The summed E-state index contributed by atoms with van der Waals surface area (Å²) in [5, 5.41) is 9.75. The van der Waals surface area contributed by atoms with Gasteiger partial charge in [0.05, 0.1) is 5.69 Å². The predicted molar refractivity (Wildman–Crippen MR) is 98.8 cm³/mol. The number of aromatic nitrogens is 1. The summed E-state index contributed by atoms with van der Waals surface area (Å²) < 4.78 is 10.5. The highest BCUT2D eigenvalue weighted by atomic mass is 79.9. The first kappa shape index (κ1) is 21.9. The highest BCUT2D eigenvalue weighted by Gasteiger charge is 2.35. The molecule has 1 rings (SSSR count). The van der Waals surface area contributed by atoms with Gasteiger partial charge in [0.15, 0.2) is 5.69 Å². The summed E-state index contributed by atoms with van der Waals surface area (Å²) in [6.07, 6.45) is -0.769. The van der Waals surface area contributed by atoms with Gasteiger partial charge in [0.2, 0.25) is 0 Å². The first-order valence-corrected chi connectivity index (χ1v) is 8.91. The highest BCUT2D eigenvalue weighted by Crippen LogP contribution is 2.26. The second-order valence-electron chi connectivity index (χ2n) is 7.45. The summed E-state index contributed by atoms with van der Waals surface area (Å²) in [5.41, 5.74) is -1.92. The smallest absolute Gasteiger partial charge is 0.424 e. The van der Waals surface area contributed by atoms with Gasteiger partial charge in [-0.25, -0.2) is 19.4 Å². The van der Waals surface area contributed by atoms with Crippen molar-refractivity contribution in [3.63, 3.8) is 0 Å². The lowest BCUT2D eigenvalue weighted by molar-refractivity contribution is 0.0430. The standard InChI is InChI=1S/C17H23BrN2O6/c1-16(2,3)25-14(23)20(15(24)26-17(4,5)6)11-7-10(8-18)9-19-12(11)13(21)22/h7,9H,8H2,1-6H3,(H,21,22). The van der Waals surface area contributed by atoms with Crippen molar-refractivity contribution >= 4 is 39.8 Å². The van der Waals surface area contributed by atoms with Gasteiger partial charge in [0, 0.05) is 11.5 Å². The maximum Gasteiger partial charge on any atom is 0.424 e. The molecule has 2 amide bonds. The lowest BCUT2D eigenvalue weighted by atomic mass is 10.2. The average molecular weight is 431 g/mol. The van der Waals surface area contributed by atoms with Gasteiger partial charge in [-0.3, -0.25) is 0 Å². The molecule has 0 atom stereocenters. The van der Waals surface area contributed by atoms with Crippen LogP contribution in [0.4, 0.5) is 15.3 Å². The first-order chi connectivity index (χ1) is 11.7. The number of anilines is 1. The monoisotopic (exact) mass is 430 g/mol. The van der Waals surface area contributed by atoms with Crippen molar-refractivity contribution in [1.29, 1.82) is 0 Å². The third kappa shape index (κ3) is 6.29. The SMILES string of the molecule is CC(C)(C)OC(=O)N(C(=O)OC(C)(C)C)c1cc(CBr)cnc1C(=O)O. The second kappa shape index (κ2) is 8.03. The van der Waals surface area contributed by atoms with Gasteiger partial charge in [-0.05, 0) is 53.2 Å². The molecule has 8 nitrogen and oxygen atoms in total. The Kier molecular flexibility index (Phi) is 6.76. The number of ether oxygens (including phenoxy) is 2. The van der Waals surface area contributed by atoms with Gasteiger partial charge >= 0.3 is 18.2 Å². The topological polar surface area (TPSA) is 106 Å². The molecule has 0 bridgehead atoms. The Hall–Kier alpha value is -2.16. The normalized spacial score (nSPS) is 11.7. The lowest BCUT2D eigenvalue weighted by Crippen LogP contribution is -2.44. The largest absolute Gasteiger partial charge is 0.476 e. The van der Waals surface area contributed by atoms with Gasteiger partial charge in [-0.1, -0.05) is 15.9 Å². The van der Waals surface area contributed by atoms with E-state index in [9.17, 15) is 19.5 Å². The Bertz CT molecular complexity index is 678. The molecule has 0 fully saturated rings. The number of carboxylic acids is 1. The van der Waals surface area contributed by atoms with Crippen LogP contribution in [0.25, 0.3) is 0 Å². The number of aromatic carboxylic acids is 1. The number of amides is 2. The number of carboxylic acid groups (broad SMARTS) is 1. The molecule has 9 heteroatoms. The van der Waals surface area contributed by atoms with Crippen LogP contribution in [0.3, 0.4) is 0 Å². The molecule has 0 aromatic carbocycles.